The van der Waals surface area contributed by atoms with Crippen molar-refractivity contribution in [2.24, 2.45) is 0 Å². The van der Waals surface area contributed by atoms with Gasteiger partial charge >= 0.3 is 0 Å². The van der Waals surface area contributed by atoms with Crippen molar-refractivity contribution in [3.05, 3.63) is 0 Å². The van der Waals surface area contributed by atoms with Crippen molar-refractivity contribution in [2.75, 3.05) is 12.4 Å². The van der Waals surface area contributed by atoms with Crippen molar-refractivity contribution >= 4 is 34.4 Å². The molecule has 0 saturated carbocycles. The third-order valence-electron chi connectivity index (χ3n) is 1.02. The summed E-state index contributed by atoms with van der Waals surface area (Å²) in [4.78, 5) is 0. The molecular weight excluding hydrogens is 235 g/mol. The highest BCUT2D eigenvalue weighted by atomic mass is 127. The van der Waals surface area contributed by atoms with Crippen LogP contribution in [0.15, 0.2) is 0 Å². The minimum atomic E-state index is 0.431. The Balaban J connectivity index is 2.19. The normalized spacial score (nSPS) is 39.8. The first-order valence-electron chi connectivity index (χ1n) is 2.66. The molecule has 1 fully saturated rings. The van der Waals surface area contributed by atoms with Gasteiger partial charge in [0.25, 0.3) is 0 Å². The molecule has 0 bridgehead atoms. The van der Waals surface area contributed by atoms with Crippen LogP contribution >= 0.6 is 34.4 Å². The van der Waals surface area contributed by atoms with E-state index in [1.807, 2.05) is 11.8 Å². The highest BCUT2D eigenvalue weighted by Gasteiger charge is 2.15. The predicted octanol–water partition coefficient (Wildman–Crippen LogP) is 1.90. The van der Waals surface area contributed by atoms with E-state index in [9.17, 15) is 0 Å². The topological polar surface area (TPSA) is 9.23 Å². The van der Waals surface area contributed by atoms with Gasteiger partial charge in [0.15, 0.2) is 0 Å². The lowest BCUT2D eigenvalue weighted by molar-refractivity contribution is 0.123. The molecule has 1 rings (SSSR count). The third kappa shape index (κ3) is 2.11. The molecule has 1 saturated heterocycles. The number of thioether (sulfide) groups is 1. The van der Waals surface area contributed by atoms with Gasteiger partial charge in [-0.15, -0.1) is 11.8 Å². The summed E-state index contributed by atoms with van der Waals surface area (Å²) in [5.74, 6) is 1.25. The molecule has 0 spiro atoms. The van der Waals surface area contributed by atoms with Crippen molar-refractivity contribution in [2.45, 2.75) is 16.3 Å². The monoisotopic (exact) mass is 244 g/mol. The molecule has 1 aliphatic rings. The quantitative estimate of drug-likeness (QED) is 0.475. The zero-order chi connectivity index (χ0) is 5.98. The van der Waals surface area contributed by atoms with E-state index in [-0.39, 0.29) is 0 Å². The molecule has 2 atom stereocenters. The average Bonchev–Trinajstić information content (AvgIpc) is 1.77. The van der Waals surface area contributed by atoms with Gasteiger partial charge in [-0.25, -0.2) is 0 Å². The smallest absolute Gasteiger partial charge is 0.1000 e. The lowest BCUT2D eigenvalue weighted by Crippen LogP contribution is -2.22. The number of rotatable bonds is 0. The molecule has 1 heterocycles. The van der Waals surface area contributed by atoms with E-state index in [1.54, 1.807) is 0 Å². The SMILES string of the molecule is CC1OCC(I)CS1. The van der Waals surface area contributed by atoms with Crippen molar-refractivity contribution in [1.29, 1.82) is 0 Å². The molecule has 0 radical (unpaired) electrons. The molecule has 0 N–H and O–H groups in total. The Bertz CT molecular complexity index is 60.8. The molecule has 2 unspecified atom stereocenters. The van der Waals surface area contributed by atoms with E-state index in [4.69, 9.17) is 4.74 Å². The van der Waals surface area contributed by atoms with Gasteiger partial charge in [-0.05, 0) is 6.92 Å². The van der Waals surface area contributed by atoms with Crippen LogP contribution in [0.4, 0.5) is 0 Å². The van der Waals surface area contributed by atoms with Gasteiger partial charge in [-0.3, -0.25) is 0 Å². The summed E-state index contributed by atoms with van der Waals surface area (Å²) in [7, 11) is 0. The van der Waals surface area contributed by atoms with Crippen LogP contribution in [0.3, 0.4) is 0 Å². The highest BCUT2D eigenvalue weighted by molar-refractivity contribution is 14.1. The van der Waals surface area contributed by atoms with Gasteiger partial charge in [0, 0.05) is 9.68 Å². The van der Waals surface area contributed by atoms with Crippen LogP contribution in [0.2, 0.25) is 0 Å². The first-order chi connectivity index (χ1) is 3.79. The summed E-state index contributed by atoms with van der Waals surface area (Å²) in [5.41, 5.74) is 0.431. The van der Waals surface area contributed by atoms with Crippen molar-refractivity contribution < 1.29 is 4.74 Å². The summed E-state index contributed by atoms with van der Waals surface area (Å²) in [6.45, 7) is 3.04. The summed E-state index contributed by atoms with van der Waals surface area (Å²) in [6, 6.07) is 0. The molecule has 8 heavy (non-hydrogen) atoms. The number of hydrogen-bond acceptors (Lipinski definition) is 2. The molecule has 1 nitrogen and oxygen atoms in total. The van der Waals surface area contributed by atoms with E-state index in [1.165, 1.54) is 5.75 Å². The second-order valence-electron chi connectivity index (χ2n) is 1.83. The Morgan fingerprint density at radius 1 is 1.75 bits per heavy atom. The maximum Gasteiger partial charge on any atom is 0.1000 e. The number of halogens is 1. The van der Waals surface area contributed by atoms with Crippen molar-refractivity contribution in [3.63, 3.8) is 0 Å². The van der Waals surface area contributed by atoms with Gasteiger partial charge < -0.3 is 4.74 Å². The van der Waals surface area contributed by atoms with E-state index < -0.39 is 0 Å². The minimum Gasteiger partial charge on any atom is -0.367 e. The summed E-state index contributed by atoms with van der Waals surface area (Å²) in [5, 5.41) is 0. The Labute approximate surface area is 67.7 Å². The molecule has 1 aliphatic heterocycles. The van der Waals surface area contributed by atoms with E-state index in [2.05, 4.69) is 29.5 Å². The van der Waals surface area contributed by atoms with Gasteiger partial charge in [-0.2, -0.15) is 0 Å². The molecule has 48 valence electrons. The van der Waals surface area contributed by atoms with Crippen LogP contribution < -0.4 is 0 Å². The maximum atomic E-state index is 5.35. The third-order valence-corrected chi connectivity index (χ3v) is 3.62. The summed E-state index contributed by atoms with van der Waals surface area (Å²) in [6.07, 6.45) is 0. The van der Waals surface area contributed by atoms with Crippen LogP contribution in [-0.2, 0) is 4.74 Å². The lowest BCUT2D eigenvalue weighted by Gasteiger charge is -2.21. The zero-order valence-corrected chi connectivity index (χ0v) is 7.74. The Morgan fingerprint density at radius 2 is 2.50 bits per heavy atom. The number of ether oxygens (including phenoxy) is 1. The summed E-state index contributed by atoms with van der Waals surface area (Å²) >= 11 is 4.32. The number of alkyl halides is 1. The van der Waals surface area contributed by atoms with Crippen LogP contribution in [0, 0.1) is 0 Å². The standard InChI is InChI=1S/C5H9IOS/c1-4-7-2-5(6)3-8-4/h4-5H,2-3H2,1H3. The molecular formula is C5H9IOS. The lowest BCUT2D eigenvalue weighted by atomic mass is 10.5. The zero-order valence-electron chi connectivity index (χ0n) is 4.76. The summed E-state index contributed by atoms with van der Waals surface area (Å²) < 4.78 is 6.08. The largest absolute Gasteiger partial charge is 0.367 e. The Morgan fingerprint density at radius 3 is 2.88 bits per heavy atom. The Kier molecular flexibility index (Phi) is 2.92. The molecule has 0 aromatic carbocycles. The predicted molar refractivity (Wildman–Crippen MR) is 45.7 cm³/mol. The molecule has 3 heteroatoms. The van der Waals surface area contributed by atoms with Gasteiger partial charge in [0.05, 0.1) is 12.0 Å². The molecule has 0 amide bonds. The van der Waals surface area contributed by atoms with Crippen molar-refractivity contribution in [1.82, 2.24) is 0 Å². The highest BCUT2D eigenvalue weighted by Crippen LogP contribution is 2.22. The second kappa shape index (κ2) is 3.27. The van der Waals surface area contributed by atoms with Crippen LogP contribution in [0.25, 0.3) is 0 Å². The molecule has 0 aliphatic carbocycles. The average molecular weight is 244 g/mol. The first-order valence-corrected chi connectivity index (χ1v) is 4.96. The van der Waals surface area contributed by atoms with Crippen LogP contribution in [0.5, 0.6) is 0 Å². The molecule has 0 aromatic rings. The van der Waals surface area contributed by atoms with Crippen molar-refractivity contribution in [3.8, 4) is 0 Å². The fourth-order valence-electron chi connectivity index (χ4n) is 0.576. The second-order valence-corrected chi connectivity index (χ2v) is 4.92. The Hall–Kier alpha value is 1.04. The maximum absolute atomic E-state index is 5.35. The number of hydrogen-bond donors (Lipinski definition) is 0. The van der Waals surface area contributed by atoms with Gasteiger partial charge in [0.2, 0.25) is 0 Å². The van der Waals surface area contributed by atoms with E-state index in [0.717, 1.165) is 10.5 Å². The minimum absolute atomic E-state index is 0.431. The van der Waals surface area contributed by atoms with Gasteiger partial charge in [-0.1, -0.05) is 22.6 Å². The molecule has 0 aromatic heterocycles. The fourth-order valence-corrected chi connectivity index (χ4v) is 2.16. The van der Waals surface area contributed by atoms with E-state index in [0.29, 0.717) is 5.44 Å². The van der Waals surface area contributed by atoms with Crippen LogP contribution in [-0.4, -0.2) is 21.7 Å². The fraction of sp³-hybridized carbons (Fsp3) is 1.00. The first kappa shape index (κ1) is 7.15. The van der Waals surface area contributed by atoms with Gasteiger partial charge in [0.1, 0.15) is 0 Å². The van der Waals surface area contributed by atoms with E-state index >= 15 is 0 Å². The van der Waals surface area contributed by atoms with Crippen LogP contribution in [0.1, 0.15) is 6.92 Å².